The molecule has 0 aliphatic carbocycles. The van der Waals surface area contributed by atoms with Crippen LogP contribution in [0.5, 0.6) is 0 Å². The van der Waals surface area contributed by atoms with Gasteiger partial charge in [0, 0.05) is 10.4 Å². The number of nitrogen functional groups attached to an aromatic ring is 1. The van der Waals surface area contributed by atoms with Crippen LogP contribution in [0.3, 0.4) is 0 Å². The van der Waals surface area contributed by atoms with Gasteiger partial charge in [0.1, 0.15) is 0 Å². The van der Waals surface area contributed by atoms with Crippen LogP contribution in [0.1, 0.15) is 22.8 Å². The molecule has 0 radical (unpaired) electrons. The smallest absolute Gasteiger partial charge is 0.259 e. The van der Waals surface area contributed by atoms with E-state index in [9.17, 15) is 14.0 Å². The number of rotatable bonds is 5. The van der Waals surface area contributed by atoms with E-state index in [1.54, 1.807) is 23.5 Å². The van der Waals surface area contributed by atoms with Crippen LogP contribution in [-0.4, -0.2) is 11.8 Å². The molecule has 0 aliphatic heterocycles. The van der Waals surface area contributed by atoms with Crippen molar-refractivity contribution < 1.29 is 14.0 Å². The second kappa shape index (κ2) is 7.20. The number of benzene rings is 2. The van der Waals surface area contributed by atoms with Gasteiger partial charge in [0.15, 0.2) is 0 Å². The quantitative estimate of drug-likeness (QED) is 0.582. The molecule has 0 unspecified atom stereocenters. The van der Waals surface area contributed by atoms with E-state index < -0.39 is 17.5 Å². The number of nitrogens with two attached hydrogens (primary N) is 2. The molecule has 0 saturated carbocycles. The molecule has 7 heteroatoms. The molecule has 2 aromatic carbocycles. The SMILES string of the molecule is C[C@](F)(C(N)=O)c1ccc(C(=O)Nc2cc(-c3cccs3)ccc2N)cc1. The summed E-state index contributed by atoms with van der Waals surface area (Å²) in [7, 11) is 0. The summed E-state index contributed by atoms with van der Waals surface area (Å²) in [4.78, 5) is 24.8. The van der Waals surface area contributed by atoms with Crippen LogP contribution in [0.4, 0.5) is 15.8 Å². The Morgan fingerprint density at radius 1 is 1.11 bits per heavy atom. The molecule has 3 aromatic rings. The summed E-state index contributed by atoms with van der Waals surface area (Å²) in [5, 5.41) is 4.73. The Kier molecular flexibility index (Phi) is 4.96. The van der Waals surface area contributed by atoms with Crippen LogP contribution in [-0.2, 0) is 10.5 Å². The Morgan fingerprint density at radius 2 is 1.81 bits per heavy atom. The number of carbonyl (C=O) groups excluding carboxylic acids is 2. The molecule has 5 N–H and O–H groups in total. The highest BCUT2D eigenvalue weighted by atomic mass is 32.1. The number of halogens is 1. The number of nitrogens with one attached hydrogen (secondary N) is 1. The summed E-state index contributed by atoms with van der Waals surface area (Å²) >= 11 is 1.59. The average Bonchev–Trinajstić information content (AvgIpc) is 3.18. The second-order valence-corrected chi connectivity index (χ2v) is 7.13. The number of hydrogen-bond acceptors (Lipinski definition) is 4. The van der Waals surface area contributed by atoms with Crippen molar-refractivity contribution in [3.8, 4) is 10.4 Å². The van der Waals surface area contributed by atoms with Crippen LogP contribution in [0, 0.1) is 0 Å². The minimum atomic E-state index is -2.30. The summed E-state index contributed by atoms with van der Waals surface area (Å²) in [5.41, 5.74) is 11.0. The number of anilines is 2. The molecule has 138 valence electrons. The van der Waals surface area contributed by atoms with Gasteiger partial charge in [-0.15, -0.1) is 11.3 Å². The van der Waals surface area contributed by atoms with Gasteiger partial charge < -0.3 is 16.8 Å². The van der Waals surface area contributed by atoms with Gasteiger partial charge in [0.05, 0.1) is 11.4 Å². The van der Waals surface area contributed by atoms with E-state index in [1.807, 2.05) is 23.6 Å². The first-order valence-corrected chi connectivity index (χ1v) is 9.01. The van der Waals surface area contributed by atoms with E-state index >= 15 is 0 Å². The van der Waals surface area contributed by atoms with Gasteiger partial charge in [-0.2, -0.15) is 0 Å². The molecule has 1 atom stereocenters. The molecule has 0 bridgehead atoms. The molecule has 0 fully saturated rings. The van der Waals surface area contributed by atoms with Gasteiger partial charge in [0.2, 0.25) is 5.67 Å². The zero-order valence-electron chi connectivity index (χ0n) is 14.5. The maximum absolute atomic E-state index is 14.3. The normalized spacial score (nSPS) is 13.0. The fourth-order valence-electron chi connectivity index (χ4n) is 2.53. The van der Waals surface area contributed by atoms with Gasteiger partial charge in [-0.05, 0) is 53.8 Å². The van der Waals surface area contributed by atoms with Crippen molar-refractivity contribution in [2.75, 3.05) is 11.1 Å². The van der Waals surface area contributed by atoms with Crippen LogP contribution >= 0.6 is 11.3 Å². The van der Waals surface area contributed by atoms with Gasteiger partial charge in [-0.25, -0.2) is 4.39 Å². The van der Waals surface area contributed by atoms with Gasteiger partial charge in [-0.1, -0.05) is 24.3 Å². The Balaban J connectivity index is 1.82. The van der Waals surface area contributed by atoms with E-state index in [2.05, 4.69) is 5.32 Å². The molecule has 1 aromatic heterocycles. The van der Waals surface area contributed by atoms with Gasteiger partial charge in [0.25, 0.3) is 11.8 Å². The van der Waals surface area contributed by atoms with Crippen LogP contribution in [0.15, 0.2) is 60.0 Å². The summed E-state index contributed by atoms with van der Waals surface area (Å²) in [6, 6.07) is 15.0. The highest BCUT2D eigenvalue weighted by Gasteiger charge is 2.32. The number of amides is 2. The molecular weight excluding hydrogens is 365 g/mol. The van der Waals surface area contributed by atoms with E-state index in [-0.39, 0.29) is 5.56 Å². The average molecular weight is 383 g/mol. The predicted octanol–water partition coefficient (Wildman–Crippen LogP) is 3.92. The maximum Gasteiger partial charge on any atom is 0.259 e. The number of hydrogen-bond donors (Lipinski definition) is 3. The lowest BCUT2D eigenvalue weighted by Crippen LogP contribution is -2.34. The van der Waals surface area contributed by atoms with Gasteiger partial charge >= 0.3 is 0 Å². The number of carbonyl (C=O) groups is 2. The van der Waals surface area contributed by atoms with Crippen LogP contribution in [0.2, 0.25) is 0 Å². The third kappa shape index (κ3) is 3.83. The molecule has 2 amide bonds. The van der Waals surface area contributed by atoms with Crippen LogP contribution in [0.25, 0.3) is 10.4 Å². The van der Waals surface area contributed by atoms with E-state index in [4.69, 9.17) is 11.5 Å². The van der Waals surface area contributed by atoms with Crippen LogP contribution < -0.4 is 16.8 Å². The van der Waals surface area contributed by atoms with E-state index in [0.29, 0.717) is 16.9 Å². The largest absolute Gasteiger partial charge is 0.397 e. The molecule has 0 saturated heterocycles. The fourth-order valence-corrected chi connectivity index (χ4v) is 3.26. The van der Waals surface area contributed by atoms with Crippen molar-refractivity contribution >= 4 is 34.5 Å². The predicted molar refractivity (Wildman–Crippen MR) is 106 cm³/mol. The molecule has 0 aliphatic rings. The molecule has 27 heavy (non-hydrogen) atoms. The number of primary amides is 1. The van der Waals surface area contributed by atoms with Crippen molar-refractivity contribution in [2.24, 2.45) is 5.73 Å². The first kappa shape index (κ1) is 18.6. The first-order chi connectivity index (χ1) is 12.8. The van der Waals surface area contributed by atoms with Crippen molar-refractivity contribution in [2.45, 2.75) is 12.6 Å². The molecule has 5 nitrogen and oxygen atoms in total. The highest BCUT2D eigenvalue weighted by Crippen LogP contribution is 2.30. The highest BCUT2D eigenvalue weighted by molar-refractivity contribution is 7.13. The Hall–Kier alpha value is -3.19. The summed E-state index contributed by atoms with van der Waals surface area (Å²) < 4.78 is 14.3. The van der Waals surface area contributed by atoms with Crippen molar-refractivity contribution in [3.63, 3.8) is 0 Å². The molecular formula is C20H18FN3O2S. The zero-order chi connectivity index (χ0) is 19.6. The summed E-state index contributed by atoms with van der Waals surface area (Å²) in [6.07, 6.45) is 0. The topological polar surface area (TPSA) is 98.2 Å². The first-order valence-electron chi connectivity index (χ1n) is 8.13. The molecule has 1 heterocycles. The third-order valence-electron chi connectivity index (χ3n) is 4.26. The van der Waals surface area contributed by atoms with E-state index in [1.165, 1.54) is 24.3 Å². The molecule has 0 spiro atoms. The van der Waals surface area contributed by atoms with Gasteiger partial charge in [-0.3, -0.25) is 9.59 Å². The monoisotopic (exact) mass is 383 g/mol. The Morgan fingerprint density at radius 3 is 2.41 bits per heavy atom. The lowest BCUT2D eigenvalue weighted by Gasteiger charge is -2.17. The Labute approximate surface area is 159 Å². The van der Waals surface area contributed by atoms with E-state index in [0.717, 1.165) is 17.4 Å². The third-order valence-corrected chi connectivity index (χ3v) is 5.18. The lowest BCUT2D eigenvalue weighted by molar-refractivity contribution is -0.128. The summed E-state index contributed by atoms with van der Waals surface area (Å²) in [6.45, 7) is 1.08. The summed E-state index contributed by atoms with van der Waals surface area (Å²) in [5.74, 6) is -1.48. The second-order valence-electron chi connectivity index (χ2n) is 6.18. The number of thiophene rings is 1. The zero-order valence-corrected chi connectivity index (χ0v) is 15.3. The molecule has 3 rings (SSSR count). The van der Waals surface area contributed by atoms with Crippen molar-refractivity contribution in [3.05, 3.63) is 71.1 Å². The van der Waals surface area contributed by atoms with Crippen molar-refractivity contribution in [1.82, 2.24) is 0 Å². The standard InChI is InChI=1S/C20H18FN3O2S/c1-20(21,19(23)26)14-7-4-12(5-8-14)18(25)24-16-11-13(6-9-15(16)22)17-3-2-10-27-17/h2-11H,22H2,1H3,(H2,23,26)(H,24,25)/t20-/m1/s1. The minimum Gasteiger partial charge on any atom is -0.397 e. The Bertz CT molecular complexity index is 983. The fraction of sp³-hybridized carbons (Fsp3) is 0.100. The maximum atomic E-state index is 14.3. The minimum absolute atomic E-state index is 0.0887. The number of alkyl halides is 1. The lowest BCUT2D eigenvalue weighted by atomic mass is 9.96. The van der Waals surface area contributed by atoms with Crippen molar-refractivity contribution in [1.29, 1.82) is 0 Å².